The minimum atomic E-state index is -0.595. The molecule has 2 aliphatic heterocycles. The lowest BCUT2D eigenvalue weighted by Crippen LogP contribution is -2.18. The van der Waals surface area contributed by atoms with Gasteiger partial charge in [-0.25, -0.2) is 4.39 Å². The van der Waals surface area contributed by atoms with E-state index < -0.39 is 10.7 Å². The number of fused-ring (bicyclic) bond motifs is 1. The van der Waals surface area contributed by atoms with Crippen molar-refractivity contribution in [1.82, 2.24) is 4.90 Å². The van der Waals surface area contributed by atoms with E-state index in [-0.39, 0.29) is 11.6 Å². The van der Waals surface area contributed by atoms with Crippen LogP contribution >= 0.6 is 0 Å². The summed E-state index contributed by atoms with van der Waals surface area (Å²) in [5.41, 5.74) is 1.06. The van der Waals surface area contributed by atoms with Crippen LogP contribution < -0.4 is 0 Å². The molecule has 1 saturated heterocycles. The van der Waals surface area contributed by atoms with E-state index >= 15 is 0 Å². The molecule has 1 aromatic carbocycles. The fraction of sp³-hybridized carbons (Fsp3) is 0.519. The third kappa shape index (κ3) is 6.17. The molecule has 0 bridgehead atoms. The predicted octanol–water partition coefficient (Wildman–Crippen LogP) is 4.94. The number of aliphatic imine (C=N–C) groups is 1. The second-order valence-corrected chi connectivity index (χ2v) is 9.95. The summed E-state index contributed by atoms with van der Waals surface area (Å²) in [6.07, 6.45) is 10.2. The molecule has 4 rings (SSSR count). The normalized spacial score (nSPS) is 28.5. The first-order chi connectivity index (χ1) is 16.8. The predicted molar refractivity (Wildman–Crippen MR) is 134 cm³/mol. The van der Waals surface area contributed by atoms with Crippen LogP contribution in [0, 0.1) is 39.6 Å². The molecule has 0 amide bonds. The van der Waals surface area contributed by atoms with Crippen LogP contribution in [0.25, 0.3) is 0 Å². The van der Waals surface area contributed by atoms with Crippen LogP contribution in [0.1, 0.15) is 25.3 Å². The number of benzene rings is 1. The Balaban J connectivity index is 1.45. The van der Waals surface area contributed by atoms with Crippen molar-refractivity contribution in [2.75, 3.05) is 40.4 Å². The van der Waals surface area contributed by atoms with Crippen molar-refractivity contribution < 1.29 is 18.8 Å². The van der Waals surface area contributed by atoms with Gasteiger partial charge in [0.15, 0.2) is 11.5 Å². The molecule has 3 atom stereocenters. The minimum absolute atomic E-state index is 0.0857. The van der Waals surface area contributed by atoms with E-state index in [1.54, 1.807) is 13.3 Å². The highest BCUT2D eigenvalue weighted by Gasteiger charge is 2.39. The molecule has 3 aliphatic rings. The van der Waals surface area contributed by atoms with E-state index in [0.717, 1.165) is 23.5 Å². The Morgan fingerprint density at radius 1 is 1.23 bits per heavy atom. The van der Waals surface area contributed by atoms with Crippen LogP contribution in [0.15, 0.2) is 58.5 Å². The number of hydrogen-bond donors (Lipinski definition) is 0. The van der Waals surface area contributed by atoms with Gasteiger partial charge in [0.1, 0.15) is 5.82 Å². The largest absolute Gasteiger partial charge is 0.493 e. The maximum absolute atomic E-state index is 14.5. The molecule has 35 heavy (non-hydrogen) atoms. The van der Waals surface area contributed by atoms with Crippen LogP contribution in [0.2, 0.25) is 0 Å². The summed E-state index contributed by atoms with van der Waals surface area (Å²) in [4.78, 5) is 17.2. The Morgan fingerprint density at radius 3 is 2.63 bits per heavy atom. The van der Waals surface area contributed by atoms with Crippen molar-refractivity contribution in [2.24, 2.45) is 28.7 Å². The highest BCUT2D eigenvalue weighted by molar-refractivity contribution is 5.72. The quantitative estimate of drug-likeness (QED) is 0.405. The molecule has 0 spiro atoms. The zero-order chi connectivity index (χ0) is 24.9. The first-order valence-electron chi connectivity index (χ1n) is 12.2. The van der Waals surface area contributed by atoms with Gasteiger partial charge in [0.2, 0.25) is 0 Å². The monoisotopic (exact) mass is 483 g/mol. The number of nitro groups is 1. The van der Waals surface area contributed by atoms with Crippen molar-refractivity contribution in [3.8, 4) is 0 Å². The van der Waals surface area contributed by atoms with Crippen molar-refractivity contribution in [3.05, 3.63) is 75.0 Å². The molecule has 7 nitrogen and oxygen atoms in total. The Hall–Kier alpha value is -3.00. The van der Waals surface area contributed by atoms with E-state index in [2.05, 4.69) is 16.9 Å². The van der Waals surface area contributed by atoms with Gasteiger partial charge in [-0.1, -0.05) is 12.5 Å². The average Bonchev–Trinajstić information content (AvgIpc) is 3.36. The second kappa shape index (κ2) is 11.2. The number of likely N-dealkylation sites (tertiary alicyclic amines) is 1. The van der Waals surface area contributed by atoms with Gasteiger partial charge in [-0.05, 0) is 79.8 Å². The van der Waals surface area contributed by atoms with E-state index in [0.29, 0.717) is 42.6 Å². The van der Waals surface area contributed by atoms with Crippen molar-refractivity contribution in [2.45, 2.75) is 26.2 Å². The fourth-order valence-electron chi connectivity index (χ4n) is 5.55. The zero-order valence-electron chi connectivity index (χ0n) is 20.7. The van der Waals surface area contributed by atoms with Gasteiger partial charge in [0.25, 0.3) is 5.69 Å². The van der Waals surface area contributed by atoms with Crippen LogP contribution in [0.3, 0.4) is 0 Å². The van der Waals surface area contributed by atoms with Gasteiger partial charge in [0, 0.05) is 25.4 Å². The van der Waals surface area contributed by atoms with E-state index in [1.807, 2.05) is 25.2 Å². The highest BCUT2D eigenvalue weighted by Crippen LogP contribution is 2.41. The molecular formula is C27H34FN3O4. The standard InChI is InChI=1S/C27H34FN3O4/c1-18-10-27(34-3)26(35-17-19-11-22-15-30(2)16-23(22)12-19)7-9-29-8-6-20(18)13-21-4-5-24(31(32)33)14-25(21)28/h4-8,10,14,18-19,22-23H,9,11-13,15-17H2,1-3H3/b20-6-,26-7?,27-10?,29-8?. The van der Waals surface area contributed by atoms with Crippen molar-refractivity contribution in [3.63, 3.8) is 0 Å². The molecule has 3 unspecified atom stereocenters. The van der Waals surface area contributed by atoms with Crippen LogP contribution in [0.4, 0.5) is 10.1 Å². The molecule has 0 aromatic heterocycles. The molecule has 2 fully saturated rings. The molecule has 1 aliphatic carbocycles. The lowest BCUT2D eigenvalue weighted by atomic mass is 9.92. The van der Waals surface area contributed by atoms with Crippen LogP contribution in [0.5, 0.6) is 0 Å². The molecule has 8 heteroatoms. The van der Waals surface area contributed by atoms with Crippen LogP contribution in [-0.2, 0) is 15.9 Å². The SMILES string of the molecule is COC1=CC(C)/C(Cc2ccc([N+](=O)[O-])cc2F)=C\C=NCC=C1OCC1CC2CN(C)CC2C1. The van der Waals surface area contributed by atoms with Crippen molar-refractivity contribution in [1.29, 1.82) is 0 Å². The number of allylic oxidation sites excluding steroid dienone is 3. The number of rotatable bonds is 7. The number of methoxy groups -OCH3 is 1. The smallest absolute Gasteiger partial charge is 0.272 e. The number of nitrogens with zero attached hydrogens (tertiary/aromatic N) is 3. The number of non-ortho nitro benzene ring substituents is 1. The second-order valence-electron chi connectivity index (χ2n) is 9.95. The van der Waals surface area contributed by atoms with Crippen LogP contribution in [-0.4, -0.2) is 56.4 Å². The summed E-state index contributed by atoms with van der Waals surface area (Å²) >= 11 is 0. The number of nitro benzene ring substituents is 1. The first kappa shape index (κ1) is 25.1. The summed E-state index contributed by atoms with van der Waals surface area (Å²) in [5, 5.41) is 10.9. The average molecular weight is 484 g/mol. The third-order valence-corrected chi connectivity index (χ3v) is 7.37. The summed E-state index contributed by atoms with van der Waals surface area (Å²) in [5.74, 6) is 2.76. The van der Waals surface area contributed by atoms with Gasteiger partial charge in [-0.3, -0.25) is 15.1 Å². The first-order valence-corrected chi connectivity index (χ1v) is 12.2. The molecule has 1 saturated carbocycles. The van der Waals surface area contributed by atoms with Gasteiger partial charge < -0.3 is 14.4 Å². The fourth-order valence-corrected chi connectivity index (χ4v) is 5.55. The Morgan fingerprint density at radius 2 is 1.97 bits per heavy atom. The number of hydrogen-bond acceptors (Lipinski definition) is 6. The molecule has 188 valence electrons. The highest BCUT2D eigenvalue weighted by atomic mass is 19.1. The Kier molecular flexibility index (Phi) is 8.00. The van der Waals surface area contributed by atoms with Gasteiger partial charge in [-0.15, -0.1) is 0 Å². The van der Waals surface area contributed by atoms with E-state index in [4.69, 9.17) is 9.47 Å². The van der Waals surface area contributed by atoms with Crippen molar-refractivity contribution >= 4 is 11.9 Å². The minimum Gasteiger partial charge on any atom is -0.493 e. The van der Waals surface area contributed by atoms with Gasteiger partial charge in [-0.2, -0.15) is 0 Å². The van der Waals surface area contributed by atoms with E-state index in [9.17, 15) is 14.5 Å². The molecule has 0 N–H and O–H groups in total. The molecule has 1 aromatic rings. The molecular weight excluding hydrogens is 449 g/mol. The number of ether oxygens (including phenoxy) is 2. The third-order valence-electron chi connectivity index (χ3n) is 7.37. The molecule has 2 heterocycles. The summed E-state index contributed by atoms with van der Waals surface area (Å²) in [6, 6.07) is 3.77. The van der Waals surface area contributed by atoms with Gasteiger partial charge in [0.05, 0.1) is 31.3 Å². The summed E-state index contributed by atoms with van der Waals surface area (Å²) in [7, 11) is 3.82. The Bertz CT molecular complexity index is 1050. The lowest BCUT2D eigenvalue weighted by molar-refractivity contribution is -0.385. The number of halogens is 1. The topological polar surface area (TPSA) is 77.2 Å². The zero-order valence-corrected chi connectivity index (χ0v) is 20.7. The summed E-state index contributed by atoms with van der Waals surface area (Å²) in [6.45, 7) is 5.49. The molecule has 0 radical (unpaired) electrons. The van der Waals surface area contributed by atoms with Gasteiger partial charge >= 0.3 is 0 Å². The van der Waals surface area contributed by atoms with E-state index in [1.165, 1.54) is 38.1 Å². The lowest BCUT2D eigenvalue weighted by Gasteiger charge is -2.20. The maximum atomic E-state index is 14.5. The Labute approximate surface area is 206 Å². The maximum Gasteiger partial charge on any atom is 0.272 e. The summed E-state index contributed by atoms with van der Waals surface area (Å²) < 4.78 is 26.5.